The minimum atomic E-state index is 0.0168. The monoisotopic (exact) mass is 295 g/mol. The third-order valence-corrected chi connectivity index (χ3v) is 4.89. The Kier molecular flexibility index (Phi) is 4.35. The average Bonchev–Trinajstić information content (AvgIpc) is 3.10. The van der Waals surface area contributed by atoms with E-state index in [9.17, 15) is 4.79 Å². The van der Waals surface area contributed by atoms with E-state index in [4.69, 9.17) is 4.74 Å². The van der Waals surface area contributed by atoms with Crippen LogP contribution in [0.4, 0.5) is 0 Å². The van der Waals surface area contributed by atoms with Crippen LogP contribution in [0.1, 0.15) is 18.0 Å². The van der Waals surface area contributed by atoms with Crippen LogP contribution in [0.5, 0.6) is 0 Å². The average molecular weight is 295 g/mol. The second-order valence-electron chi connectivity index (χ2n) is 5.23. The fourth-order valence-electron chi connectivity index (χ4n) is 2.85. The Morgan fingerprint density at radius 2 is 2.45 bits per heavy atom. The number of carbonyl (C=O) groups is 1. The number of thiophene rings is 1. The van der Waals surface area contributed by atoms with Crippen LogP contribution in [0.2, 0.25) is 0 Å². The number of rotatable bonds is 4. The van der Waals surface area contributed by atoms with Crippen molar-refractivity contribution in [3.8, 4) is 0 Å². The van der Waals surface area contributed by atoms with Crippen LogP contribution in [0.25, 0.3) is 0 Å². The molecule has 6 heteroatoms. The van der Waals surface area contributed by atoms with E-state index >= 15 is 0 Å². The lowest BCUT2D eigenvalue weighted by Crippen LogP contribution is -2.48. The molecule has 1 N–H and O–H groups in total. The van der Waals surface area contributed by atoms with Gasteiger partial charge in [0.05, 0.1) is 25.8 Å². The summed E-state index contributed by atoms with van der Waals surface area (Å²) in [6.45, 7) is 6.97. The normalized spacial score (nSPS) is 28.2. The zero-order valence-electron chi connectivity index (χ0n) is 11.7. The first kappa shape index (κ1) is 14.0. The fourth-order valence-corrected chi connectivity index (χ4v) is 3.66. The van der Waals surface area contributed by atoms with Crippen molar-refractivity contribution in [1.82, 2.24) is 15.1 Å². The molecule has 2 saturated heterocycles. The number of carbonyl (C=O) groups excluding carboxylic acids is 1. The summed E-state index contributed by atoms with van der Waals surface area (Å²) in [7, 11) is 0. The zero-order valence-corrected chi connectivity index (χ0v) is 12.6. The molecule has 0 radical (unpaired) electrons. The lowest BCUT2D eigenvalue weighted by Gasteiger charge is -2.35. The Morgan fingerprint density at radius 1 is 1.55 bits per heavy atom. The molecule has 0 aromatic carbocycles. The summed E-state index contributed by atoms with van der Waals surface area (Å²) in [6, 6.07) is 4.10. The van der Waals surface area contributed by atoms with Gasteiger partial charge in [-0.25, -0.2) is 0 Å². The number of ether oxygens (including phenoxy) is 1. The third kappa shape index (κ3) is 2.88. The number of nitrogens with one attached hydrogen (secondary N) is 1. The highest BCUT2D eigenvalue weighted by Crippen LogP contribution is 2.26. The van der Waals surface area contributed by atoms with Gasteiger partial charge in [0.15, 0.2) is 0 Å². The van der Waals surface area contributed by atoms with Gasteiger partial charge in [-0.2, -0.15) is 0 Å². The Hall–Kier alpha value is -0.950. The first-order chi connectivity index (χ1) is 9.78. The molecule has 0 aliphatic carbocycles. The summed E-state index contributed by atoms with van der Waals surface area (Å²) in [4.78, 5) is 17.6. The van der Waals surface area contributed by atoms with Crippen LogP contribution in [-0.4, -0.2) is 61.1 Å². The maximum atomic E-state index is 12.1. The fraction of sp³-hybridized carbons (Fsp3) is 0.643. The van der Waals surface area contributed by atoms with Crippen molar-refractivity contribution >= 4 is 17.2 Å². The number of hydrogen-bond acceptors (Lipinski definition) is 5. The van der Waals surface area contributed by atoms with E-state index in [-0.39, 0.29) is 18.2 Å². The van der Waals surface area contributed by atoms with Gasteiger partial charge in [0.25, 0.3) is 0 Å². The van der Waals surface area contributed by atoms with Gasteiger partial charge in [0.1, 0.15) is 6.17 Å². The molecule has 110 valence electrons. The molecular formula is C14H21N3O2S. The minimum absolute atomic E-state index is 0.0168. The number of hydrogen-bond donors (Lipinski definition) is 1. The molecule has 3 rings (SSSR count). The molecule has 2 atom stereocenters. The topological polar surface area (TPSA) is 44.8 Å². The molecule has 2 fully saturated rings. The number of nitrogens with zero attached hydrogens (tertiary/aromatic N) is 2. The molecule has 0 bridgehead atoms. The summed E-state index contributed by atoms with van der Waals surface area (Å²) < 4.78 is 5.83. The molecule has 0 spiro atoms. The smallest absolute Gasteiger partial charge is 0.238 e. The van der Waals surface area contributed by atoms with Crippen molar-refractivity contribution in [3.63, 3.8) is 0 Å². The van der Waals surface area contributed by atoms with Crippen molar-refractivity contribution in [2.45, 2.75) is 19.2 Å². The van der Waals surface area contributed by atoms with Crippen molar-refractivity contribution < 1.29 is 9.53 Å². The second-order valence-corrected chi connectivity index (χ2v) is 6.21. The molecule has 5 nitrogen and oxygen atoms in total. The van der Waals surface area contributed by atoms with Crippen LogP contribution < -0.4 is 5.32 Å². The van der Waals surface area contributed by atoms with E-state index in [2.05, 4.69) is 23.2 Å². The van der Waals surface area contributed by atoms with E-state index in [1.165, 1.54) is 4.88 Å². The lowest BCUT2D eigenvalue weighted by atomic mass is 10.2. The Bertz CT molecular complexity index is 451. The van der Waals surface area contributed by atoms with Crippen LogP contribution in [0.3, 0.4) is 0 Å². The van der Waals surface area contributed by atoms with Crippen LogP contribution in [0.15, 0.2) is 17.5 Å². The first-order valence-corrected chi connectivity index (χ1v) is 8.06. The van der Waals surface area contributed by atoms with Gasteiger partial charge in [0, 0.05) is 18.0 Å². The van der Waals surface area contributed by atoms with Crippen molar-refractivity contribution in [1.29, 1.82) is 0 Å². The van der Waals surface area contributed by atoms with E-state index in [0.29, 0.717) is 13.1 Å². The second kappa shape index (κ2) is 6.22. The minimum Gasteiger partial charge on any atom is -0.374 e. The molecule has 1 aromatic rings. The van der Waals surface area contributed by atoms with Crippen molar-refractivity contribution in [2.75, 3.05) is 39.3 Å². The summed E-state index contributed by atoms with van der Waals surface area (Å²) in [5, 5.41) is 5.34. The van der Waals surface area contributed by atoms with E-state index in [0.717, 1.165) is 26.2 Å². The standard InChI is InChI=1S/C14H21N3O2S/c1-2-16-5-6-19-11(9-16)10-17-13(18)8-15-14(17)12-4-3-7-20-12/h3-4,7,11,14-15H,2,5-6,8-10H2,1H3. The maximum absolute atomic E-state index is 12.1. The van der Waals surface area contributed by atoms with Gasteiger partial charge >= 0.3 is 0 Å². The first-order valence-electron chi connectivity index (χ1n) is 7.18. The van der Waals surface area contributed by atoms with E-state index in [1.54, 1.807) is 11.3 Å². The van der Waals surface area contributed by atoms with Crippen LogP contribution in [-0.2, 0) is 9.53 Å². The van der Waals surface area contributed by atoms with Crippen LogP contribution in [0, 0.1) is 0 Å². The lowest BCUT2D eigenvalue weighted by molar-refractivity contribution is -0.131. The van der Waals surface area contributed by atoms with E-state index in [1.807, 2.05) is 16.3 Å². The summed E-state index contributed by atoms with van der Waals surface area (Å²) in [5.41, 5.74) is 0. The zero-order chi connectivity index (χ0) is 13.9. The van der Waals surface area contributed by atoms with Gasteiger partial charge in [-0.1, -0.05) is 13.0 Å². The quantitative estimate of drug-likeness (QED) is 0.896. The highest BCUT2D eigenvalue weighted by molar-refractivity contribution is 7.10. The molecule has 3 heterocycles. The summed E-state index contributed by atoms with van der Waals surface area (Å²) in [5.74, 6) is 0.167. The predicted molar refractivity (Wildman–Crippen MR) is 78.6 cm³/mol. The molecule has 2 unspecified atom stereocenters. The van der Waals surface area contributed by atoms with E-state index < -0.39 is 0 Å². The summed E-state index contributed by atoms with van der Waals surface area (Å²) in [6.07, 6.45) is 0.137. The molecule has 2 aliphatic rings. The number of likely N-dealkylation sites (N-methyl/N-ethyl adjacent to an activating group) is 1. The van der Waals surface area contributed by atoms with Gasteiger partial charge in [0.2, 0.25) is 5.91 Å². The molecule has 1 amide bonds. The SMILES string of the molecule is CCN1CCOC(CN2C(=O)CNC2c2cccs2)C1. The predicted octanol–water partition coefficient (Wildman–Crippen LogP) is 0.899. The van der Waals surface area contributed by atoms with Crippen molar-refractivity contribution in [2.24, 2.45) is 0 Å². The maximum Gasteiger partial charge on any atom is 0.238 e. The molecular weight excluding hydrogens is 274 g/mol. The van der Waals surface area contributed by atoms with Gasteiger partial charge in [-0.05, 0) is 18.0 Å². The molecule has 0 saturated carbocycles. The molecule has 1 aromatic heterocycles. The highest BCUT2D eigenvalue weighted by Gasteiger charge is 2.34. The Labute approximate surface area is 123 Å². The third-order valence-electron chi connectivity index (χ3n) is 3.96. The highest BCUT2D eigenvalue weighted by atomic mass is 32.1. The Morgan fingerprint density at radius 3 is 3.20 bits per heavy atom. The number of amides is 1. The largest absolute Gasteiger partial charge is 0.374 e. The van der Waals surface area contributed by atoms with Crippen molar-refractivity contribution in [3.05, 3.63) is 22.4 Å². The summed E-state index contributed by atoms with van der Waals surface area (Å²) >= 11 is 1.69. The van der Waals surface area contributed by atoms with Gasteiger partial charge in [-0.3, -0.25) is 15.0 Å². The molecule has 2 aliphatic heterocycles. The Balaban J connectivity index is 1.66. The van der Waals surface area contributed by atoms with Gasteiger partial charge in [-0.15, -0.1) is 11.3 Å². The number of morpholine rings is 1. The molecule has 20 heavy (non-hydrogen) atoms. The van der Waals surface area contributed by atoms with Crippen LogP contribution >= 0.6 is 11.3 Å². The van der Waals surface area contributed by atoms with Gasteiger partial charge < -0.3 is 9.64 Å².